The predicted octanol–water partition coefficient (Wildman–Crippen LogP) is 5.29. The first-order chi connectivity index (χ1) is 16.6. The third-order valence-corrected chi connectivity index (χ3v) is 6.08. The standard InChI is InChI=1S/C28H26N4O2/c1-32-26(20-8-4-3-5-9-20)18-29-27(32)24(16-19-12-14-22(34-2)15-13-19)31-28(33)25-17-21-10-6-7-11-23(21)30-25/h3-15,17-18,24,30H,16H2,1-2H3,(H,31,33). The zero-order valence-electron chi connectivity index (χ0n) is 19.2. The number of methoxy groups -OCH3 is 1. The molecule has 1 atom stereocenters. The Kier molecular flexibility index (Phi) is 5.87. The lowest BCUT2D eigenvalue weighted by Gasteiger charge is -2.19. The molecule has 3 aromatic carbocycles. The van der Waals surface area contributed by atoms with Gasteiger partial charge in [-0.15, -0.1) is 0 Å². The molecule has 5 rings (SSSR count). The van der Waals surface area contributed by atoms with E-state index < -0.39 is 0 Å². The fourth-order valence-electron chi connectivity index (χ4n) is 4.26. The van der Waals surface area contributed by atoms with E-state index in [9.17, 15) is 4.79 Å². The number of ether oxygens (including phenoxy) is 1. The molecule has 34 heavy (non-hydrogen) atoms. The number of hydrogen-bond donors (Lipinski definition) is 2. The number of amides is 1. The first kappa shape index (κ1) is 21.5. The number of carbonyl (C=O) groups is 1. The van der Waals surface area contributed by atoms with Crippen molar-refractivity contribution in [3.8, 4) is 17.0 Å². The van der Waals surface area contributed by atoms with Crippen molar-refractivity contribution in [2.45, 2.75) is 12.5 Å². The van der Waals surface area contributed by atoms with Crippen molar-refractivity contribution >= 4 is 16.8 Å². The number of nitrogens with one attached hydrogen (secondary N) is 2. The third-order valence-electron chi connectivity index (χ3n) is 6.08. The second kappa shape index (κ2) is 9.27. The summed E-state index contributed by atoms with van der Waals surface area (Å²) in [5.74, 6) is 1.42. The van der Waals surface area contributed by atoms with Gasteiger partial charge in [0.2, 0.25) is 0 Å². The molecular weight excluding hydrogens is 424 g/mol. The van der Waals surface area contributed by atoms with Crippen LogP contribution in [0.15, 0.2) is 91.1 Å². The molecule has 6 heteroatoms. The van der Waals surface area contributed by atoms with Crippen LogP contribution in [0, 0.1) is 0 Å². The first-order valence-electron chi connectivity index (χ1n) is 11.2. The number of imidazole rings is 1. The van der Waals surface area contributed by atoms with Crippen molar-refractivity contribution in [2.24, 2.45) is 7.05 Å². The summed E-state index contributed by atoms with van der Waals surface area (Å²) in [6.07, 6.45) is 2.45. The first-order valence-corrected chi connectivity index (χ1v) is 11.2. The minimum absolute atomic E-state index is 0.168. The molecule has 5 aromatic rings. The number of fused-ring (bicyclic) bond motifs is 1. The molecule has 0 aliphatic carbocycles. The molecule has 0 aliphatic rings. The van der Waals surface area contributed by atoms with Gasteiger partial charge in [0.05, 0.1) is 25.0 Å². The summed E-state index contributed by atoms with van der Waals surface area (Å²) in [6.45, 7) is 0. The molecule has 1 amide bonds. The number of aromatic nitrogens is 3. The van der Waals surface area contributed by atoms with Crippen LogP contribution in [-0.4, -0.2) is 27.6 Å². The van der Waals surface area contributed by atoms with Crippen LogP contribution in [0.3, 0.4) is 0 Å². The molecule has 0 fully saturated rings. The van der Waals surface area contributed by atoms with E-state index in [1.54, 1.807) is 7.11 Å². The number of benzene rings is 3. The fraction of sp³-hybridized carbons (Fsp3) is 0.143. The Bertz CT molecular complexity index is 1390. The Morgan fingerprint density at radius 3 is 2.50 bits per heavy atom. The maximum absolute atomic E-state index is 13.3. The van der Waals surface area contributed by atoms with E-state index in [4.69, 9.17) is 9.72 Å². The summed E-state index contributed by atoms with van der Waals surface area (Å²) < 4.78 is 7.34. The minimum atomic E-state index is -0.324. The van der Waals surface area contributed by atoms with Gasteiger partial charge in [-0.3, -0.25) is 4.79 Å². The summed E-state index contributed by atoms with van der Waals surface area (Å²) in [4.78, 5) is 21.2. The minimum Gasteiger partial charge on any atom is -0.497 e. The molecule has 0 aliphatic heterocycles. The van der Waals surface area contributed by atoms with E-state index in [2.05, 4.69) is 27.0 Å². The lowest BCUT2D eigenvalue weighted by molar-refractivity contribution is 0.0930. The summed E-state index contributed by atoms with van der Waals surface area (Å²) in [7, 11) is 3.64. The average molecular weight is 451 g/mol. The molecule has 0 bridgehead atoms. The number of rotatable bonds is 7. The SMILES string of the molecule is COc1ccc(CC(NC(=O)c2cc3ccccc3[nH]2)c2ncc(-c3ccccc3)n2C)cc1. The Morgan fingerprint density at radius 2 is 1.76 bits per heavy atom. The number of H-pyrrole nitrogens is 1. The Labute approximate surface area is 198 Å². The van der Waals surface area contributed by atoms with Gasteiger partial charge < -0.3 is 19.6 Å². The lowest BCUT2D eigenvalue weighted by atomic mass is 10.0. The van der Waals surface area contributed by atoms with E-state index in [0.29, 0.717) is 12.1 Å². The van der Waals surface area contributed by atoms with Gasteiger partial charge in [-0.2, -0.15) is 0 Å². The zero-order chi connectivity index (χ0) is 23.5. The van der Waals surface area contributed by atoms with Gasteiger partial charge >= 0.3 is 0 Å². The summed E-state index contributed by atoms with van der Waals surface area (Å²) >= 11 is 0. The zero-order valence-corrected chi connectivity index (χ0v) is 19.2. The molecular formula is C28H26N4O2. The van der Waals surface area contributed by atoms with Crippen LogP contribution in [0.2, 0.25) is 0 Å². The van der Waals surface area contributed by atoms with Crippen LogP contribution in [-0.2, 0) is 13.5 Å². The molecule has 2 aromatic heterocycles. The van der Waals surface area contributed by atoms with Gasteiger partial charge in [0, 0.05) is 18.0 Å². The van der Waals surface area contributed by atoms with Crippen molar-refractivity contribution in [3.05, 3.63) is 108 Å². The summed E-state index contributed by atoms with van der Waals surface area (Å²) in [5, 5.41) is 4.21. The highest BCUT2D eigenvalue weighted by molar-refractivity contribution is 5.98. The molecule has 0 spiro atoms. The number of aromatic amines is 1. The third kappa shape index (κ3) is 4.30. The average Bonchev–Trinajstić information content (AvgIpc) is 3.48. The van der Waals surface area contributed by atoms with Crippen LogP contribution >= 0.6 is 0 Å². The van der Waals surface area contributed by atoms with E-state index in [0.717, 1.165) is 39.3 Å². The van der Waals surface area contributed by atoms with Crippen molar-refractivity contribution < 1.29 is 9.53 Å². The van der Waals surface area contributed by atoms with Crippen LogP contribution < -0.4 is 10.1 Å². The highest BCUT2D eigenvalue weighted by Crippen LogP contribution is 2.26. The predicted molar refractivity (Wildman–Crippen MR) is 134 cm³/mol. The van der Waals surface area contributed by atoms with Gasteiger partial charge in [0.1, 0.15) is 17.3 Å². The van der Waals surface area contributed by atoms with E-state index in [-0.39, 0.29) is 11.9 Å². The van der Waals surface area contributed by atoms with Gasteiger partial charge in [-0.05, 0) is 41.8 Å². The largest absolute Gasteiger partial charge is 0.497 e. The summed E-state index contributed by atoms with van der Waals surface area (Å²) in [6, 6.07) is 27.4. The molecule has 170 valence electrons. The smallest absolute Gasteiger partial charge is 0.268 e. The molecule has 0 saturated carbocycles. The van der Waals surface area contributed by atoms with Gasteiger partial charge in [0.25, 0.3) is 5.91 Å². The Hall–Kier alpha value is -4.32. The fourth-order valence-corrected chi connectivity index (χ4v) is 4.26. The highest BCUT2D eigenvalue weighted by Gasteiger charge is 2.23. The topological polar surface area (TPSA) is 71.9 Å². The Morgan fingerprint density at radius 1 is 1.03 bits per heavy atom. The monoisotopic (exact) mass is 450 g/mol. The maximum Gasteiger partial charge on any atom is 0.268 e. The van der Waals surface area contributed by atoms with Crippen LogP contribution in [0.25, 0.3) is 22.2 Å². The van der Waals surface area contributed by atoms with Crippen molar-refractivity contribution in [3.63, 3.8) is 0 Å². The van der Waals surface area contributed by atoms with E-state index >= 15 is 0 Å². The van der Waals surface area contributed by atoms with Gasteiger partial charge in [-0.25, -0.2) is 4.98 Å². The van der Waals surface area contributed by atoms with E-state index in [1.807, 2.05) is 86.0 Å². The molecule has 2 N–H and O–H groups in total. The van der Waals surface area contributed by atoms with Crippen molar-refractivity contribution in [2.75, 3.05) is 7.11 Å². The highest BCUT2D eigenvalue weighted by atomic mass is 16.5. The van der Waals surface area contributed by atoms with Crippen LogP contribution in [0.1, 0.15) is 27.9 Å². The normalized spacial score (nSPS) is 11.9. The number of para-hydroxylation sites is 1. The quantitative estimate of drug-likeness (QED) is 0.354. The maximum atomic E-state index is 13.3. The molecule has 2 heterocycles. The molecule has 0 radical (unpaired) electrons. The lowest BCUT2D eigenvalue weighted by Crippen LogP contribution is -2.32. The molecule has 0 saturated heterocycles. The van der Waals surface area contributed by atoms with Gasteiger partial charge in [-0.1, -0.05) is 60.7 Å². The second-order valence-electron chi connectivity index (χ2n) is 8.28. The van der Waals surface area contributed by atoms with E-state index in [1.165, 1.54) is 0 Å². The van der Waals surface area contributed by atoms with Gasteiger partial charge in [0.15, 0.2) is 0 Å². The molecule has 1 unspecified atom stereocenters. The van der Waals surface area contributed by atoms with Crippen molar-refractivity contribution in [1.82, 2.24) is 19.9 Å². The van der Waals surface area contributed by atoms with Crippen LogP contribution in [0.4, 0.5) is 0 Å². The number of hydrogen-bond acceptors (Lipinski definition) is 3. The molecule has 6 nitrogen and oxygen atoms in total. The number of nitrogens with zero attached hydrogens (tertiary/aromatic N) is 2. The Balaban J connectivity index is 1.48. The van der Waals surface area contributed by atoms with Crippen LogP contribution in [0.5, 0.6) is 5.75 Å². The second-order valence-corrected chi connectivity index (χ2v) is 8.28. The van der Waals surface area contributed by atoms with Crippen molar-refractivity contribution in [1.29, 1.82) is 0 Å². The summed E-state index contributed by atoms with van der Waals surface area (Å²) in [5.41, 5.74) is 4.61. The number of carbonyl (C=O) groups excluding carboxylic acids is 1.